The largest absolute Gasteiger partial charge is 0.487 e. The van der Waals surface area contributed by atoms with E-state index in [2.05, 4.69) is 24.4 Å². The Bertz CT molecular complexity index is 321. The molecule has 1 aliphatic heterocycles. The molecular formula is C13H22N2O+2. The predicted molar refractivity (Wildman–Crippen MR) is 63.9 cm³/mol. The smallest absolute Gasteiger partial charge is 0.137 e. The fraction of sp³-hybridized carbons (Fsp3) is 0.538. The van der Waals surface area contributed by atoms with Crippen LogP contribution >= 0.6 is 0 Å². The van der Waals surface area contributed by atoms with Gasteiger partial charge in [-0.3, -0.25) is 0 Å². The molecule has 0 unspecified atom stereocenters. The van der Waals surface area contributed by atoms with E-state index in [1.807, 2.05) is 12.1 Å². The quantitative estimate of drug-likeness (QED) is 0.661. The van der Waals surface area contributed by atoms with E-state index in [1.54, 1.807) is 4.90 Å². The molecule has 0 spiro atoms. The van der Waals surface area contributed by atoms with Gasteiger partial charge < -0.3 is 15.0 Å². The summed E-state index contributed by atoms with van der Waals surface area (Å²) in [5, 5.41) is 2.39. The van der Waals surface area contributed by atoms with Crippen LogP contribution in [-0.2, 0) is 0 Å². The zero-order valence-corrected chi connectivity index (χ0v) is 10.0. The molecular weight excluding hydrogens is 200 g/mol. The van der Waals surface area contributed by atoms with Gasteiger partial charge in [0.25, 0.3) is 0 Å². The lowest BCUT2D eigenvalue weighted by Gasteiger charge is -2.22. The number of quaternary nitrogens is 2. The molecule has 0 radical (unpaired) electrons. The monoisotopic (exact) mass is 222 g/mol. The Kier molecular flexibility index (Phi) is 4.19. The standard InChI is InChI=1S/C13H20N2O/c1-12-4-2-3-5-13(12)16-11-10-15-8-6-14-7-9-15/h2-5,14H,6-11H2,1H3/p+2. The fourth-order valence-electron chi connectivity index (χ4n) is 2.16. The van der Waals surface area contributed by atoms with Crippen LogP contribution in [-0.4, -0.2) is 39.3 Å². The Morgan fingerprint density at radius 3 is 2.75 bits per heavy atom. The van der Waals surface area contributed by atoms with Crippen molar-refractivity contribution in [3.05, 3.63) is 29.8 Å². The third-order valence-corrected chi connectivity index (χ3v) is 3.21. The minimum absolute atomic E-state index is 0.834. The number of ether oxygens (including phenoxy) is 1. The first-order valence-electron chi connectivity index (χ1n) is 6.20. The van der Waals surface area contributed by atoms with Crippen molar-refractivity contribution in [3.8, 4) is 5.75 Å². The molecule has 1 aromatic rings. The molecule has 0 saturated carbocycles. The van der Waals surface area contributed by atoms with Crippen LogP contribution in [0.5, 0.6) is 5.75 Å². The van der Waals surface area contributed by atoms with Crippen molar-refractivity contribution in [1.82, 2.24) is 0 Å². The topological polar surface area (TPSA) is 30.3 Å². The van der Waals surface area contributed by atoms with Crippen LogP contribution in [0.4, 0.5) is 0 Å². The first-order chi connectivity index (χ1) is 7.86. The molecule has 1 saturated heterocycles. The summed E-state index contributed by atoms with van der Waals surface area (Å²) in [6, 6.07) is 8.23. The summed E-state index contributed by atoms with van der Waals surface area (Å²) in [5.41, 5.74) is 1.23. The maximum atomic E-state index is 5.81. The molecule has 1 aromatic carbocycles. The highest BCUT2D eigenvalue weighted by Crippen LogP contribution is 2.15. The van der Waals surface area contributed by atoms with Crippen molar-refractivity contribution in [2.75, 3.05) is 39.3 Å². The van der Waals surface area contributed by atoms with Crippen molar-refractivity contribution in [3.63, 3.8) is 0 Å². The Morgan fingerprint density at radius 2 is 2.00 bits per heavy atom. The molecule has 3 nitrogen and oxygen atoms in total. The maximum absolute atomic E-state index is 5.81. The molecule has 0 bridgehead atoms. The van der Waals surface area contributed by atoms with Gasteiger partial charge in [0.05, 0.1) is 0 Å². The molecule has 0 atom stereocenters. The molecule has 0 aromatic heterocycles. The summed E-state index contributed by atoms with van der Waals surface area (Å²) in [6.07, 6.45) is 0. The Hall–Kier alpha value is -1.06. The molecule has 3 heteroatoms. The molecule has 0 amide bonds. The van der Waals surface area contributed by atoms with E-state index in [-0.39, 0.29) is 0 Å². The van der Waals surface area contributed by atoms with Crippen molar-refractivity contribution in [2.24, 2.45) is 0 Å². The zero-order valence-electron chi connectivity index (χ0n) is 10.0. The summed E-state index contributed by atoms with van der Waals surface area (Å²) >= 11 is 0. The Labute approximate surface area is 97.4 Å². The molecule has 1 fully saturated rings. The number of rotatable bonds is 4. The minimum Gasteiger partial charge on any atom is -0.487 e. The Balaban J connectivity index is 1.73. The number of nitrogens with one attached hydrogen (secondary N) is 1. The molecule has 1 heterocycles. The van der Waals surface area contributed by atoms with Gasteiger partial charge >= 0.3 is 0 Å². The van der Waals surface area contributed by atoms with Crippen LogP contribution in [0.25, 0.3) is 0 Å². The highest BCUT2D eigenvalue weighted by Gasteiger charge is 2.14. The van der Waals surface area contributed by atoms with Crippen LogP contribution in [0.3, 0.4) is 0 Å². The normalized spacial score (nSPS) is 17.3. The van der Waals surface area contributed by atoms with Crippen molar-refractivity contribution in [1.29, 1.82) is 0 Å². The van der Waals surface area contributed by atoms with Crippen LogP contribution < -0.4 is 15.0 Å². The van der Waals surface area contributed by atoms with Gasteiger partial charge in [-0.2, -0.15) is 0 Å². The lowest BCUT2D eigenvalue weighted by Crippen LogP contribution is -3.20. The molecule has 3 N–H and O–H groups in total. The van der Waals surface area contributed by atoms with E-state index in [4.69, 9.17) is 4.74 Å². The summed E-state index contributed by atoms with van der Waals surface area (Å²) in [4.78, 5) is 1.68. The molecule has 88 valence electrons. The molecule has 0 aliphatic carbocycles. The van der Waals surface area contributed by atoms with Crippen LogP contribution in [0.15, 0.2) is 24.3 Å². The molecule has 16 heavy (non-hydrogen) atoms. The minimum atomic E-state index is 0.834. The first-order valence-corrected chi connectivity index (χ1v) is 6.20. The fourth-order valence-corrected chi connectivity index (χ4v) is 2.16. The van der Waals surface area contributed by atoms with Gasteiger partial charge in [0, 0.05) is 0 Å². The second-order valence-corrected chi connectivity index (χ2v) is 4.48. The number of hydrogen-bond acceptors (Lipinski definition) is 1. The van der Waals surface area contributed by atoms with Gasteiger partial charge in [-0.1, -0.05) is 18.2 Å². The van der Waals surface area contributed by atoms with Crippen LogP contribution in [0.2, 0.25) is 0 Å². The van der Waals surface area contributed by atoms with Crippen molar-refractivity contribution < 1.29 is 15.0 Å². The van der Waals surface area contributed by atoms with Crippen LogP contribution in [0, 0.1) is 6.92 Å². The number of piperazine rings is 1. The highest BCUT2D eigenvalue weighted by molar-refractivity contribution is 5.31. The lowest BCUT2D eigenvalue weighted by molar-refractivity contribution is -0.946. The zero-order chi connectivity index (χ0) is 11.2. The average molecular weight is 222 g/mol. The third kappa shape index (κ3) is 3.22. The molecule has 2 rings (SSSR count). The summed E-state index contributed by atoms with van der Waals surface area (Å²) in [7, 11) is 0. The van der Waals surface area contributed by atoms with E-state index in [9.17, 15) is 0 Å². The number of nitrogens with two attached hydrogens (primary N) is 1. The average Bonchev–Trinajstić information content (AvgIpc) is 2.33. The summed E-state index contributed by atoms with van der Waals surface area (Å²) in [6.45, 7) is 9.13. The summed E-state index contributed by atoms with van der Waals surface area (Å²) < 4.78 is 5.81. The predicted octanol–water partition coefficient (Wildman–Crippen LogP) is -1.16. The van der Waals surface area contributed by atoms with Gasteiger partial charge in [0.15, 0.2) is 0 Å². The van der Waals surface area contributed by atoms with Gasteiger partial charge in [-0.25, -0.2) is 0 Å². The second-order valence-electron chi connectivity index (χ2n) is 4.48. The number of aryl methyl sites for hydroxylation is 1. The van der Waals surface area contributed by atoms with Crippen molar-refractivity contribution >= 4 is 0 Å². The van der Waals surface area contributed by atoms with Crippen LogP contribution in [0.1, 0.15) is 5.56 Å². The van der Waals surface area contributed by atoms with Gasteiger partial charge in [-0.05, 0) is 18.6 Å². The van der Waals surface area contributed by atoms with E-state index >= 15 is 0 Å². The number of hydrogen-bond donors (Lipinski definition) is 2. The number of benzene rings is 1. The highest BCUT2D eigenvalue weighted by atomic mass is 16.5. The lowest BCUT2D eigenvalue weighted by atomic mass is 10.2. The van der Waals surface area contributed by atoms with E-state index in [0.717, 1.165) is 18.9 Å². The molecule has 1 aliphatic rings. The third-order valence-electron chi connectivity index (χ3n) is 3.21. The van der Waals surface area contributed by atoms with Gasteiger partial charge in [-0.15, -0.1) is 0 Å². The van der Waals surface area contributed by atoms with Gasteiger partial charge in [0.1, 0.15) is 45.1 Å². The van der Waals surface area contributed by atoms with E-state index in [0.29, 0.717) is 0 Å². The van der Waals surface area contributed by atoms with Gasteiger partial charge in [0.2, 0.25) is 0 Å². The van der Waals surface area contributed by atoms with E-state index in [1.165, 1.54) is 31.7 Å². The SMILES string of the molecule is Cc1ccccc1OCC[NH+]1CC[NH2+]CC1. The number of para-hydroxylation sites is 1. The first kappa shape index (κ1) is 11.4. The maximum Gasteiger partial charge on any atom is 0.137 e. The summed E-state index contributed by atoms with van der Waals surface area (Å²) in [5.74, 6) is 1.03. The second kappa shape index (κ2) is 5.87. The Morgan fingerprint density at radius 1 is 1.25 bits per heavy atom. The van der Waals surface area contributed by atoms with E-state index < -0.39 is 0 Å². The van der Waals surface area contributed by atoms with Crippen molar-refractivity contribution in [2.45, 2.75) is 6.92 Å².